The molecule has 0 unspecified atom stereocenters. The second-order valence-corrected chi connectivity index (χ2v) is 7.49. The summed E-state index contributed by atoms with van der Waals surface area (Å²) in [7, 11) is 0. The predicted molar refractivity (Wildman–Crippen MR) is 91.8 cm³/mol. The number of carbonyl (C=O) groups excluding carboxylic acids is 2. The summed E-state index contributed by atoms with van der Waals surface area (Å²) in [5.74, 6) is -0.500. The van der Waals surface area contributed by atoms with Crippen LogP contribution in [-0.2, 0) is 15.0 Å². The Hall–Kier alpha value is -1.59. The van der Waals surface area contributed by atoms with Crippen LogP contribution in [0.4, 0.5) is 0 Å². The summed E-state index contributed by atoms with van der Waals surface area (Å²) in [6.45, 7) is 2.60. The van der Waals surface area contributed by atoms with Crippen molar-refractivity contribution in [3.8, 4) is 0 Å². The lowest BCUT2D eigenvalue weighted by molar-refractivity contribution is -0.150. The van der Waals surface area contributed by atoms with Gasteiger partial charge in [-0.2, -0.15) is 0 Å². The van der Waals surface area contributed by atoms with Gasteiger partial charge in [-0.1, -0.05) is 23.7 Å². The Morgan fingerprint density at radius 1 is 1.33 bits per heavy atom. The number of benzene rings is 1. The summed E-state index contributed by atoms with van der Waals surface area (Å²) >= 11 is 6.07. The summed E-state index contributed by atoms with van der Waals surface area (Å²) < 4.78 is 0. The highest BCUT2D eigenvalue weighted by Gasteiger charge is 2.47. The third kappa shape index (κ3) is 3.42. The Labute approximate surface area is 147 Å². The van der Waals surface area contributed by atoms with E-state index in [0.29, 0.717) is 31.0 Å². The smallest absolute Gasteiger partial charge is 0.253 e. The minimum Gasteiger partial charge on any atom is -0.378 e. The molecule has 130 valence electrons. The van der Waals surface area contributed by atoms with Crippen LogP contribution in [-0.4, -0.2) is 47.1 Å². The molecule has 1 atom stereocenters. The number of hydrogen-bond acceptors (Lipinski definition) is 3. The van der Waals surface area contributed by atoms with Gasteiger partial charge in [-0.15, -0.1) is 0 Å². The monoisotopic (exact) mass is 350 g/mol. The molecule has 2 fully saturated rings. The molecule has 24 heavy (non-hydrogen) atoms. The van der Waals surface area contributed by atoms with Gasteiger partial charge in [0.1, 0.15) is 0 Å². The molecule has 6 heteroatoms. The van der Waals surface area contributed by atoms with Crippen molar-refractivity contribution in [1.29, 1.82) is 0 Å². The fourth-order valence-corrected chi connectivity index (χ4v) is 3.63. The Morgan fingerprint density at radius 2 is 2.08 bits per heavy atom. The van der Waals surface area contributed by atoms with Crippen LogP contribution in [0.5, 0.6) is 0 Å². The standard InChI is InChI=1S/C18H23ClN2O3/c1-13(22)21-9-3-6-18(24,12-21)16(23)20-11-17(7-8-17)14-4-2-5-15(19)10-14/h2,4-5,10,24H,3,6-9,11-12H2,1H3,(H,20,23)/t18-/m1/s1. The summed E-state index contributed by atoms with van der Waals surface area (Å²) in [4.78, 5) is 25.6. The van der Waals surface area contributed by atoms with Gasteiger partial charge in [-0.05, 0) is 43.4 Å². The number of β-amino-alcohol motifs (C(OH)–C–C–N with tert-alkyl or cyclic N) is 1. The zero-order valence-electron chi connectivity index (χ0n) is 13.8. The van der Waals surface area contributed by atoms with Crippen LogP contribution in [0.2, 0.25) is 5.02 Å². The molecule has 0 bridgehead atoms. The van der Waals surface area contributed by atoms with Crippen molar-refractivity contribution >= 4 is 23.4 Å². The molecule has 1 aliphatic carbocycles. The highest BCUT2D eigenvalue weighted by atomic mass is 35.5. The first-order valence-electron chi connectivity index (χ1n) is 8.37. The largest absolute Gasteiger partial charge is 0.378 e. The highest BCUT2D eigenvalue weighted by molar-refractivity contribution is 6.30. The van der Waals surface area contributed by atoms with E-state index in [1.54, 1.807) is 0 Å². The van der Waals surface area contributed by atoms with Gasteiger partial charge in [-0.3, -0.25) is 9.59 Å². The van der Waals surface area contributed by atoms with Crippen molar-refractivity contribution in [3.05, 3.63) is 34.9 Å². The van der Waals surface area contributed by atoms with Gasteiger partial charge in [0.2, 0.25) is 5.91 Å². The number of amides is 2. The van der Waals surface area contributed by atoms with E-state index in [-0.39, 0.29) is 23.8 Å². The van der Waals surface area contributed by atoms with Crippen LogP contribution in [0.1, 0.15) is 38.2 Å². The SMILES string of the molecule is CC(=O)N1CCC[C@](O)(C(=O)NCC2(c3cccc(Cl)c3)CC2)C1. The number of nitrogens with zero attached hydrogens (tertiary/aromatic N) is 1. The molecule has 0 radical (unpaired) electrons. The average molecular weight is 351 g/mol. The van der Waals surface area contributed by atoms with Crippen molar-refractivity contribution in [3.63, 3.8) is 0 Å². The topological polar surface area (TPSA) is 69.6 Å². The van der Waals surface area contributed by atoms with Gasteiger partial charge >= 0.3 is 0 Å². The van der Waals surface area contributed by atoms with Crippen LogP contribution in [0.25, 0.3) is 0 Å². The van der Waals surface area contributed by atoms with E-state index in [1.165, 1.54) is 11.8 Å². The van der Waals surface area contributed by atoms with E-state index in [4.69, 9.17) is 11.6 Å². The molecule has 2 N–H and O–H groups in total. The number of nitrogens with one attached hydrogen (secondary N) is 1. The van der Waals surface area contributed by atoms with Gasteiger partial charge in [0, 0.05) is 30.5 Å². The van der Waals surface area contributed by atoms with Crippen LogP contribution in [0.15, 0.2) is 24.3 Å². The zero-order chi connectivity index (χ0) is 17.4. The second-order valence-electron chi connectivity index (χ2n) is 7.05. The predicted octanol–water partition coefficient (Wildman–Crippen LogP) is 1.86. The molecule has 1 saturated carbocycles. The minimum atomic E-state index is -1.49. The Morgan fingerprint density at radius 3 is 2.71 bits per heavy atom. The third-order valence-electron chi connectivity index (χ3n) is 5.22. The lowest BCUT2D eigenvalue weighted by Gasteiger charge is -2.37. The van der Waals surface area contributed by atoms with E-state index in [2.05, 4.69) is 5.32 Å². The van der Waals surface area contributed by atoms with Crippen LogP contribution >= 0.6 is 11.6 Å². The van der Waals surface area contributed by atoms with Crippen LogP contribution < -0.4 is 5.32 Å². The quantitative estimate of drug-likeness (QED) is 0.870. The van der Waals surface area contributed by atoms with Crippen molar-refractivity contribution in [2.45, 2.75) is 43.6 Å². The van der Waals surface area contributed by atoms with Crippen LogP contribution in [0.3, 0.4) is 0 Å². The average Bonchev–Trinajstić information content (AvgIpc) is 3.34. The number of halogens is 1. The van der Waals surface area contributed by atoms with Crippen molar-refractivity contribution in [2.75, 3.05) is 19.6 Å². The first kappa shape index (κ1) is 17.2. The molecular formula is C18H23ClN2O3. The van der Waals surface area contributed by atoms with Crippen molar-refractivity contribution in [1.82, 2.24) is 10.2 Å². The zero-order valence-corrected chi connectivity index (χ0v) is 14.6. The fraction of sp³-hybridized carbons (Fsp3) is 0.556. The van der Waals surface area contributed by atoms with Gasteiger partial charge in [0.05, 0.1) is 6.54 Å². The number of piperidine rings is 1. The van der Waals surface area contributed by atoms with Gasteiger partial charge in [0.25, 0.3) is 5.91 Å². The molecule has 0 spiro atoms. The first-order chi connectivity index (χ1) is 11.3. The molecule has 5 nitrogen and oxygen atoms in total. The van der Waals surface area contributed by atoms with Gasteiger partial charge < -0.3 is 15.3 Å². The normalized spacial score (nSPS) is 25.2. The number of aliphatic hydroxyl groups is 1. The molecule has 1 heterocycles. The van der Waals surface area contributed by atoms with E-state index in [1.807, 2.05) is 24.3 Å². The van der Waals surface area contributed by atoms with Crippen molar-refractivity contribution < 1.29 is 14.7 Å². The molecule has 0 aromatic heterocycles. The molecule has 3 rings (SSSR count). The molecule has 1 aromatic carbocycles. The molecule has 1 aromatic rings. The molecule has 2 amide bonds. The lowest BCUT2D eigenvalue weighted by Crippen LogP contribution is -2.58. The van der Waals surface area contributed by atoms with Gasteiger partial charge in [0.15, 0.2) is 5.60 Å². The van der Waals surface area contributed by atoms with E-state index >= 15 is 0 Å². The number of likely N-dealkylation sites (tertiary alicyclic amines) is 1. The van der Waals surface area contributed by atoms with E-state index < -0.39 is 5.60 Å². The number of rotatable bonds is 4. The maximum atomic E-state index is 12.5. The summed E-state index contributed by atoms with van der Waals surface area (Å²) in [6.07, 6.45) is 2.99. The van der Waals surface area contributed by atoms with Crippen molar-refractivity contribution in [2.24, 2.45) is 0 Å². The Kier molecular flexibility index (Phi) is 4.58. The Balaban J connectivity index is 1.64. The molecule has 1 saturated heterocycles. The third-order valence-corrected chi connectivity index (χ3v) is 5.45. The molecular weight excluding hydrogens is 328 g/mol. The summed E-state index contributed by atoms with van der Waals surface area (Å²) in [5.41, 5.74) is -0.448. The first-order valence-corrected chi connectivity index (χ1v) is 8.75. The number of hydrogen-bond donors (Lipinski definition) is 2. The molecule has 1 aliphatic heterocycles. The van der Waals surface area contributed by atoms with E-state index in [9.17, 15) is 14.7 Å². The van der Waals surface area contributed by atoms with E-state index in [0.717, 1.165) is 18.4 Å². The summed E-state index contributed by atoms with van der Waals surface area (Å²) in [5, 5.41) is 14.3. The van der Waals surface area contributed by atoms with Gasteiger partial charge in [-0.25, -0.2) is 0 Å². The number of carbonyl (C=O) groups is 2. The lowest BCUT2D eigenvalue weighted by atomic mass is 9.90. The second kappa shape index (κ2) is 6.37. The highest BCUT2D eigenvalue weighted by Crippen LogP contribution is 2.48. The fourth-order valence-electron chi connectivity index (χ4n) is 3.44. The summed E-state index contributed by atoms with van der Waals surface area (Å²) in [6, 6.07) is 7.71. The maximum absolute atomic E-state index is 12.5. The molecule has 2 aliphatic rings. The Bertz CT molecular complexity index is 659. The maximum Gasteiger partial charge on any atom is 0.253 e. The minimum absolute atomic E-state index is 0.0678. The van der Waals surface area contributed by atoms with Crippen LogP contribution in [0, 0.1) is 0 Å².